The third-order valence-electron chi connectivity index (χ3n) is 3.09. The molecule has 5 nitrogen and oxygen atoms in total. The number of aliphatic hydroxyl groups excluding tert-OH is 1. The van der Waals surface area contributed by atoms with Crippen molar-refractivity contribution >= 4 is 5.82 Å². The van der Waals surface area contributed by atoms with Crippen LogP contribution in [0.4, 0.5) is 5.82 Å². The van der Waals surface area contributed by atoms with E-state index in [0.29, 0.717) is 19.8 Å². The molecule has 1 heterocycles. The van der Waals surface area contributed by atoms with Crippen LogP contribution in [0.25, 0.3) is 0 Å². The van der Waals surface area contributed by atoms with Crippen LogP contribution in [0.2, 0.25) is 0 Å². The smallest absolute Gasteiger partial charge is 0.161 e. The Hall–Kier alpha value is -2.27. The standard InChI is InChI=1S/C17H22N2O3/c1-3-21-15-6-5-13(9-16(15)22-4-2)11-19-17-10-14(12-20)7-8-18-17/h5-10,20H,3-4,11-12H2,1-2H3,(H,18,19). The second-order valence-electron chi connectivity index (χ2n) is 4.71. The molecule has 0 aliphatic rings. The SMILES string of the molecule is CCOc1ccc(CNc2cc(CO)ccn2)cc1OCC. The molecule has 1 aromatic heterocycles. The molecular weight excluding hydrogens is 280 g/mol. The van der Waals surface area contributed by atoms with Gasteiger partial charge >= 0.3 is 0 Å². The van der Waals surface area contributed by atoms with Crippen LogP contribution in [0.5, 0.6) is 11.5 Å². The van der Waals surface area contributed by atoms with Gasteiger partial charge in [0.2, 0.25) is 0 Å². The molecule has 0 bridgehead atoms. The first-order valence-electron chi connectivity index (χ1n) is 7.45. The molecule has 0 spiro atoms. The first kappa shape index (κ1) is 16.1. The third kappa shape index (κ3) is 4.36. The quantitative estimate of drug-likeness (QED) is 0.785. The van der Waals surface area contributed by atoms with Gasteiger partial charge in [-0.25, -0.2) is 4.98 Å². The molecule has 5 heteroatoms. The Balaban J connectivity index is 2.07. The van der Waals surface area contributed by atoms with Crippen molar-refractivity contribution in [2.75, 3.05) is 18.5 Å². The van der Waals surface area contributed by atoms with Gasteiger partial charge in [-0.15, -0.1) is 0 Å². The molecule has 22 heavy (non-hydrogen) atoms. The second-order valence-corrected chi connectivity index (χ2v) is 4.71. The van der Waals surface area contributed by atoms with E-state index >= 15 is 0 Å². The summed E-state index contributed by atoms with van der Waals surface area (Å²) in [5.41, 5.74) is 1.90. The van der Waals surface area contributed by atoms with E-state index in [2.05, 4.69) is 10.3 Å². The highest BCUT2D eigenvalue weighted by Crippen LogP contribution is 2.28. The topological polar surface area (TPSA) is 63.6 Å². The fourth-order valence-corrected chi connectivity index (χ4v) is 2.07. The number of anilines is 1. The molecule has 0 amide bonds. The van der Waals surface area contributed by atoms with Gasteiger partial charge in [-0.2, -0.15) is 0 Å². The second kappa shape index (κ2) is 8.24. The fourth-order valence-electron chi connectivity index (χ4n) is 2.07. The Morgan fingerprint density at radius 1 is 1.00 bits per heavy atom. The number of ether oxygens (including phenoxy) is 2. The number of hydrogen-bond acceptors (Lipinski definition) is 5. The van der Waals surface area contributed by atoms with Gasteiger partial charge in [0, 0.05) is 12.7 Å². The number of rotatable bonds is 8. The van der Waals surface area contributed by atoms with Crippen LogP contribution < -0.4 is 14.8 Å². The molecular formula is C17H22N2O3. The summed E-state index contributed by atoms with van der Waals surface area (Å²) in [7, 11) is 0. The van der Waals surface area contributed by atoms with Crippen molar-refractivity contribution in [3.63, 3.8) is 0 Å². The van der Waals surface area contributed by atoms with Gasteiger partial charge in [0.05, 0.1) is 19.8 Å². The zero-order valence-corrected chi connectivity index (χ0v) is 13.0. The van der Waals surface area contributed by atoms with Crippen molar-refractivity contribution in [1.82, 2.24) is 4.98 Å². The highest BCUT2D eigenvalue weighted by Gasteiger charge is 2.06. The third-order valence-corrected chi connectivity index (χ3v) is 3.09. The highest BCUT2D eigenvalue weighted by molar-refractivity contribution is 5.45. The number of nitrogens with zero attached hydrogens (tertiary/aromatic N) is 1. The van der Waals surface area contributed by atoms with E-state index in [1.165, 1.54) is 0 Å². The maximum Gasteiger partial charge on any atom is 0.161 e. The van der Waals surface area contributed by atoms with Crippen LogP contribution in [0.1, 0.15) is 25.0 Å². The van der Waals surface area contributed by atoms with Gasteiger partial charge in [-0.1, -0.05) is 6.07 Å². The van der Waals surface area contributed by atoms with Crippen molar-refractivity contribution in [3.8, 4) is 11.5 Å². The summed E-state index contributed by atoms with van der Waals surface area (Å²) in [6, 6.07) is 9.50. The molecule has 0 unspecified atom stereocenters. The Kier molecular flexibility index (Phi) is 6.03. The van der Waals surface area contributed by atoms with Crippen LogP contribution in [0, 0.1) is 0 Å². The highest BCUT2D eigenvalue weighted by atomic mass is 16.5. The van der Waals surface area contributed by atoms with E-state index in [0.717, 1.165) is 28.4 Å². The van der Waals surface area contributed by atoms with Crippen LogP contribution in [-0.2, 0) is 13.2 Å². The maximum absolute atomic E-state index is 9.14. The average molecular weight is 302 g/mol. The van der Waals surface area contributed by atoms with Gasteiger partial charge < -0.3 is 19.9 Å². The first-order chi connectivity index (χ1) is 10.8. The van der Waals surface area contributed by atoms with Crippen LogP contribution in [-0.4, -0.2) is 23.3 Å². The fraction of sp³-hybridized carbons (Fsp3) is 0.353. The molecule has 2 rings (SSSR count). The number of benzene rings is 1. The van der Waals surface area contributed by atoms with Crippen molar-refractivity contribution < 1.29 is 14.6 Å². The van der Waals surface area contributed by atoms with Gasteiger partial charge in [0.25, 0.3) is 0 Å². The van der Waals surface area contributed by atoms with Crippen molar-refractivity contribution in [2.24, 2.45) is 0 Å². The summed E-state index contributed by atoms with van der Waals surface area (Å²) in [5.74, 6) is 2.24. The van der Waals surface area contributed by atoms with Gasteiger partial charge in [0.1, 0.15) is 5.82 Å². The van der Waals surface area contributed by atoms with Crippen LogP contribution in [0.15, 0.2) is 36.5 Å². The first-order valence-corrected chi connectivity index (χ1v) is 7.45. The molecule has 2 N–H and O–H groups in total. The van der Waals surface area contributed by atoms with E-state index in [9.17, 15) is 0 Å². The van der Waals surface area contributed by atoms with E-state index in [1.54, 1.807) is 12.3 Å². The van der Waals surface area contributed by atoms with E-state index in [1.807, 2.05) is 38.1 Å². The summed E-state index contributed by atoms with van der Waals surface area (Å²) in [6.45, 7) is 5.73. The molecule has 0 saturated heterocycles. The zero-order valence-electron chi connectivity index (χ0n) is 13.0. The molecule has 0 radical (unpaired) electrons. The molecule has 1 aromatic carbocycles. The van der Waals surface area contributed by atoms with E-state index < -0.39 is 0 Å². The molecule has 0 aliphatic heterocycles. The zero-order chi connectivity index (χ0) is 15.8. The predicted molar refractivity (Wildman–Crippen MR) is 86.3 cm³/mol. The molecule has 2 aromatic rings. The summed E-state index contributed by atoms with van der Waals surface area (Å²) < 4.78 is 11.2. The normalized spacial score (nSPS) is 10.3. The minimum Gasteiger partial charge on any atom is -0.490 e. The Morgan fingerprint density at radius 3 is 2.50 bits per heavy atom. The maximum atomic E-state index is 9.14. The van der Waals surface area contributed by atoms with Crippen LogP contribution >= 0.6 is 0 Å². The summed E-state index contributed by atoms with van der Waals surface area (Å²) in [4.78, 5) is 4.23. The van der Waals surface area contributed by atoms with Crippen molar-refractivity contribution in [2.45, 2.75) is 27.0 Å². The monoisotopic (exact) mass is 302 g/mol. The molecule has 0 saturated carbocycles. The van der Waals surface area contributed by atoms with Crippen molar-refractivity contribution in [1.29, 1.82) is 0 Å². The molecule has 0 fully saturated rings. The molecule has 0 atom stereocenters. The Bertz CT molecular complexity index is 602. The minimum atomic E-state index is 0.00867. The van der Waals surface area contributed by atoms with Crippen molar-refractivity contribution in [3.05, 3.63) is 47.7 Å². The van der Waals surface area contributed by atoms with Gasteiger partial charge in [-0.05, 0) is 49.2 Å². The van der Waals surface area contributed by atoms with Crippen LogP contribution in [0.3, 0.4) is 0 Å². The summed E-state index contributed by atoms with van der Waals surface area (Å²) >= 11 is 0. The van der Waals surface area contributed by atoms with E-state index in [-0.39, 0.29) is 6.61 Å². The Labute approximate surface area is 130 Å². The lowest BCUT2D eigenvalue weighted by Gasteiger charge is -2.13. The number of aliphatic hydroxyl groups is 1. The lowest BCUT2D eigenvalue weighted by Crippen LogP contribution is -2.04. The predicted octanol–water partition coefficient (Wildman–Crippen LogP) is 2.98. The summed E-state index contributed by atoms with van der Waals surface area (Å²) in [5, 5.41) is 12.4. The molecule has 118 valence electrons. The number of aromatic nitrogens is 1. The summed E-state index contributed by atoms with van der Waals surface area (Å²) in [6.07, 6.45) is 1.68. The minimum absolute atomic E-state index is 0.00867. The largest absolute Gasteiger partial charge is 0.490 e. The Morgan fingerprint density at radius 2 is 1.77 bits per heavy atom. The number of pyridine rings is 1. The van der Waals surface area contributed by atoms with Gasteiger partial charge in [0.15, 0.2) is 11.5 Å². The molecule has 0 aliphatic carbocycles. The van der Waals surface area contributed by atoms with Gasteiger partial charge in [-0.3, -0.25) is 0 Å². The number of nitrogens with one attached hydrogen (secondary N) is 1. The average Bonchev–Trinajstić information content (AvgIpc) is 2.55. The lowest BCUT2D eigenvalue weighted by molar-refractivity contribution is 0.282. The number of hydrogen-bond donors (Lipinski definition) is 2. The lowest BCUT2D eigenvalue weighted by atomic mass is 10.2. The van der Waals surface area contributed by atoms with E-state index in [4.69, 9.17) is 14.6 Å².